The lowest BCUT2D eigenvalue weighted by atomic mass is 10.0. The quantitative estimate of drug-likeness (QED) is 0.330. The van der Waals surface area contributed by atoms with Gasteiger partial charge >= 0.3 is 0 Å². The van der Waals surface area contributed by atoms with Crippen LogP contribution in [-0.2, 0) is 0 Å². The molecule has 0 unspecified atom stereocenters. The van der Waals surface area contributed by atoms with Crippen molar-refractivity contribution in [1.82, 2.24) is 4.98 Å². The van der Waals surface area contributed by atoms with E-state index in [0.717, 1.165) is 21.9 Å². The molecule has 0 aliphatic rings. The lowest BCUT2D eigenvalue weighted by molar-refractivity contribution is 0.102. The highest BCUT2D eigenvalue weighted by atomic mass is 35.5. The Kier molecular flexibility index (Phi) is 5.04. The van der Waals surface area contributed by atoms with Crippen molar-refractivity contribution in [2.24, 2.45) is 0 Å². The van der Waals surface area contributed by atoms with Crippen molar-refractivity contribution in [3.8, 4) is 17.2 Å². The average Bonchev–Trinajstić information content (AvgIpc) is 3.22. The third kappa shape index (κ3) is 3.47. The number of hydrogen-bond acceptors (Lipinski definition) is 4. The van der Waals surface area contributed by atoms with Gasteiger partial charge in [-0.1, -0.05) is 48.0 Å². The van der Waals surface area contributed by atoms with Crippen molar-refractivity contribution in [2.45, 2.75) is 6.92 Å². The van der Waals surface area contributed by atoms with Crippen LogP contribution in [0.25, 0.3) is 33.3 Å². The van der Waals surface area contributed by atoms with Gasteiger partial charge in [-0.2, -0.15) is 0 Å². The number of carbonyl (C=O) groups is 1. The van der Waals surface area contributed by atoms with Gasteiger partial charge in [0.2, 0.25) is 5.89 Å². The highest BCUT2D eigenvalue weighted by molar-refractivity contribution is 6.35. The molecule has 158 valence electrons. The number of nitrogens with one attached hydrogen (secondary N) is 1. The number of aromatic nitrogens is 1. The molecule has 32 heavy (non-hydrogen) atoms. The summed E-state index contributed by atoms with van der Waals surface area (Å²) in [4.78, 5) is 17.5. The Morgan fingerprint density at radius 1 is 1.00 bits per heavy atom. The Hall–Kier alpha value is -3.83. The van der Waals surface area contributed by atoms with Crippen LogP contribution < -0.4 is 10.1 Å². The number of fused-ring (bicyclic) bond motifs is 2. The Balaban J connectivity index is 1.50. The van der Waals surface area contributed by atoms with Gasteiger partial charge in [0.15, 0.2) is 5.58 Å². The predicted octanol–water partition coefficient (Wildman–Crippen LogP) is 6.87. The minimum atomic E-state index is -0.252. The number of para-hydroxylation sites is 1. The number of nitrogens with zero attached hydrogens (tertiary/aromatic N) is 1. The molecule has 0 aliphatic heterocycles. The highest BCUT2D eigenvalue weighted by Gasteiger charge is 2.16. The molecule has 5 nitrogen and oxygen atoms in total. The molecule has 0 radical (unpaired) electrons. The minimum Gasteiger partial charge on any atom is -0.496 e. The van der Waals surface area contributed by atoms with Gasteiger partial charge in [0.1, 0.15) is 11.3 Å². The van der Waals surface area contributed by atoms with Crippen LogP contribution in [0, 0.1) is 6.92 Å². The van der Waals surface area contributed by atoms with Crippen LogP contribution in [0.2, 0.25) is 5.02 Å². The normalized spacial score (nSPS) is 11.1. The molecule has 1 heterocycles. The van der Waals surface area contributed by atoms with E-state index in [9.17, 15) is 4.79 Å². The van der Waals surface area contributed by atoms with Crippen LogP contribution in [0.3, 0.4) is 0 Å². The summed E-state index contributed by atoms with van der Waals surface area (Å²) >= 11 is 6.35. The summed E-state index contributed by atoms with van der Waals surface area (Å²) < 4.78 is 11.4. The maximum Gasteiger partial charge on any atom is 0.259 e. The van der Waals surface area contributed by atoms with E-state index in [0.29, 0.717) is 39.0 Å². The molecule has 0 spiro atoms. The number of amides is 1. The number of rotatable bonds is 4. The molecule has 0 saturated heterocycles. The molecular weight excluding hydrogens is 424 g/mol. The highest BCUT2D eigenvalue weighted by Crippen LogP contribution is 2.34. The first-order valence-corrected chi connectivity index (χ1v) is 10.5. The first-order chi connectivity index (χ1) is 15.5. The molecule has 0 atom stereocenters. The van der Waals surface area contributed by atoms with Crippen molar-refractivity contribution >= 4 is 45.1 Å². The zero-order valence-electron chi connectivity index (χ0n) is 17.5. The zero-order chi connectivity index (χ0) is 22.2. The summed E-state index contributed by atoms with van der Waals surface area (Å²) in [6.07, 6.45) is 0. The van der Waals surface area contributed by atoms with Gasteiger partial charge in [0, 0.05) is 21.7 Å². The maximum atomic E-state index is 12.8. The SMILES string of the molecule is COc1c(C)cccc1C(=O)Nc1ccc2oc(-c3cccc4c(Cl)cccc34)nc2c1. The summed E-state index contributed by atoms with van der Waals surface area (Å²) in [7, 11) is 1.56. The molecule has 1 amide bonds. The third-order valence-electron chi connectivity index (χ3n) is 5.41. The number of halogens is 1. The lowest BCUT2D eigenvalue weighted by Gasteiger charge is -2.11. The molecule has 0 aliphatic carbocycles. The monoisotopic (exact) mass is 442 g/mol. The number of hydrogen-bond donors (Lipinski definition) is 1. The van der Waals surface area contributed by atoms with Crippen LogP contribution in [0.4, 0.5) is 5.69 Å². The molecule has 0 saturated carbocycles. The van der Waals surface area contributed by atoms with E-state index in [-0.39, 0.29) is 5.91 Å². The fraction of sp³-hybridized carbons (Fsp3) is 0.0769. The molecular formula is C26H19ClN2O3. The smallest absolute Gasteiger partial charge is 0.259 e. The van der Waals surface area contributed by atoms with E-state index in [1.165, 1.54) is 0 Å². The van der Waals surface area contributed by atoms with Crippen LogP contribution in [0.15, 0.2) is 77.2 Å². The second kappa shape index (κ2) is 8.02. The van der Waals surface area contributed by atoms with Crippen molar-refractivity contribution in [3.05, 3.63) is 88.9 Å². The fourth-order valence-electron chi connectivity index (χ4n) is 3.88. The second-order valence-corrected chi connectivity index (χ2v) is 7.86. The van der Waals surface area contributed by atoms with Gasteiger partial charge in [-0.05, 0) is 54.3 Å². The summed E-state index contributed by atoms with van der Waals surface area (Å²) in [5.74, 6) is 0.804. The van der Waals surface area contributed by atoms with Gasteiger partial charge in [-0.3, -0.25) is 4.79 Å². The van der Waals surface area contributed by atoms with Crippen molar-refractivity contribution in [1.29, 1.82) is 0 Å². The molecule has 0 fully saturated rings. The standard InChI is InChI=1S/C26H19ClN2O3/c1-15-6-3-10-20(24(15)31-2)25(30)28-16-12-13-23-22(14-16)29-26(32-23)19-9-4-8-18-17(19)7-5-11-21(18)27/h3-14H,1-2H3,(H,28,30). The molecule has 0 bridgehead atoms. The second-order valence-electron chi connectivity index (χ2n) is 7.45. The van der Waals surface area contributed by atoms with Crippen LogP contribution in [0.5, 0.6) is 5.75 Å². The molecule has 4 aromatic carbocycles. The maximum absolute atomic E-state index is 12.8. The van der Waals surface area contributed by atoms with Crippen LogP contribution >= 0.6 is 11.6 Å². The summed E-state index contributed by atoms with van der Waals surface area (Å²) in [6.45, 7) is 1.90. The topological polar surface area (TPSA) is 64.4 Å². The first-order valence-electron chi connectivity index (χ1n) is 10.1. The largest absolute Gasteiger partial charge is 0.496 e. The molecule has 1 aromatic heterocycles. The van der Waals surface area contributed by atoms with Gasteiger partial charge < -0.3 is 14.5 Å². The Bertz CT molecular complexity index is 1490. The van der Waals surface area contributed by atoms with Gasteiger partial charge in [0.25, 0.3) is 5.91 Å². The van der Waals surface area contributed by atoms with E-state index in [2.05, 4.69) is 10.3 Å². The van der Waals surface area contributed by atoms with Gasteiger partial charge in [-0.25, -0.2) is 4.98 Å². The lowest BCUT2D eigenvalue weighted by Crippen LogP contribution is -2.13. The van der Waals surface area contributed by atoms with E-state index in [1.807, 2.05) is 55.5 Å². The number of aryl methyl sites for hydroxylation is 1. The van der Waals surface area contributed by atoms with Crippen molar-refractivity contribution in [3.63, 3.8) is 0 Å². The average molecular weight is 443 g/mol. The van der Waals surface area contributed by atoms with E-state index < -0.39 is 0 Å². The van der Waals surface area contributed by atoms with Gasteiger partial charge in [0.05, 0.1) is 12.7 Å². The van der Waals surface area contributed by atoms with Gasteiger partial charge in [-0.15, -0.1) is 0 Å². The Morgan fingerprint density at radius 2 is 1.78 bits per heavy atom. The number of carbonyl (C=O) groups excluding carboxylic acids is 1. The number of oxazole rings is 1. The van der Waals surface area contributed by atoms with Crippen molar-refractivity contribution < 1.29 is 13.9 Å². The van der Waals surface area contributed by atoms with Crippen molar-refractivity contribution in [2.75, 3.05) is 12.4 Å². The summed E-state index contributed by atoms with van der Waals surface area (Å²) in [5.41, 5.74) is 4.12. The Morgan fingerprint density at radius 3 is 2.62 bits per heavy atom. The fourth-order valence-corrected chi connectivity index (χ4v) is 4.12. The Labute approximate surface area is 189 Å². The summed E-state index contributed by atoms with van der Waals surface area (Å²) in [6, 6.07) is 22.5. The number of anilines is 1. The molecule has 5 aromatic rings. The number of methoxy groups -OCH3 is 1. The zero-order valence-corrected chi connectivity index (χ0v) is 18.2. The minimum absolute atomic E-state index is 0.252. The van der Waals surface area contributed by atoms with E-state index >= 15 is 0 Å². The van der Waals surface area contributed by atoms with E-state index in [4.69, 9.17) is 20.8 Å². The molecule has 6 heteroatoms. The molecule has 1 N–H and O–H groups in total. The van der Waals surface area contributed by atoms with Crippen LogP contribution in [-0.4, -0.2) is 18.0 Å². The van der Waals surface area contributed by atoms with E-state index in [1.54, 1.807) is 31.4 Å². The molecule has 5 rings (SSSR count). The number of ether oxygens (including phenoxy) is 1. The first kappa shape index (κ1) is 20.1. The number of benzene rings is 4. The predicted molar refractivity (Wildman–Crippen MR) is 128 cm³/mol. The summed E-state index contributed by atoms with van der Waals surface area (Å²) in [5, 5.41) is 5.50. The van der Waals surface area contributed by atoms with Crippen LogP contribution in [0.1, 0.15) is 15.9 Å². The third-order valence-corrected chi connectivity index (χ3v) is 5.73.